The molecule has 0 amide bonds. The Morgan fingerprint density at radius 2 is 2.00 bits per heavy atom. The van der Waals surface area contributed by atoms with Crippen molar-refractivity contribution >= 4 is 33.5 Å². The normalized spacial score (nSPS) is 10.9. The van der Waals surface area contributed by atoms with Crippen LogP contribution in [0.4, 0.5) is 0 Å². The highest BCUT2D eigenvalue weighted by atomic mass is 127. The van der Waals surface area contributed by atoms with Crippen molar-refractivity contribution in [3.8, 4) is 5.75 Å². The van der Waals surface area contributed by atoms with Crippen LogP contribution in [0.1, 0.15) is 5.56 Å². The molecule has 0 aliphatic carbocycles. The number of rotatable bonds is 0. The van der Waals surface area contributed by atoms with E-state index in [1.54, 1.807) is 7.05 Å². The summed E-state index contributed by atoms with van der Waals surface area (Å²) < 4.78 is 2.58. The summed E-state index contributed by atoms with van der Waals surface area (Å²) in [5.41, 5.74) is 1.56. The van der Waals surface area contributed by atoms with Gasteiger partial charge in [-0.3, -0.25) is 4.79 Å². The summed E-state index contributed by atoms with van der Waals surface area (Å²) in [4.78, 5) is 11.5. The molecule has 1 aromatic heterocycles. The van der Waals surface area contributed by atoms with Gasteiger partial charge in [0, 0.05) is 16.0 Å². The van der Waals surface area contributed by atoms with Crippen LogP contribution in [0.2, 0.25) is 0 Å². The number of hydrogen-bond acceptors (Lipinski definition) is 2. The first-order valence-electron chi connectivity index (χ1n) is 4.49. The summed E-state index contributed by atoms with van der Waals surface area (Å²) >= 11 is 2.22. The topological polar surface area (TPSA) is 42.2 Å². The zero-order valence-electron chi connectivity index (χ0n) is 8.41. The molecule has 78 valence electrons. The average Bonchev–Trinajstić information content (AvgIpc) is 2.13. The summed E-state index contributed by atoms with van der Waals surface area (Å²) in [6, 6.07) is 5.48. The molecule has 2 rings (SSSR count). The van der Waals surface area contributed by atoms with Gasteiger partial charge < -0.3 is 9.67 Å². The largest absolute Gasteiger partial charge is 0.503 e. The molecule has 0 aliphatic heterocycles. The Morgan fingerprint density at radius 1 is 1.33 bits per heavy atom. The SMILES string of the molecule is Cc1cc(I)cc2cc(O)c(=O)n(C)c12. The molecule has 0 atom stereocenters. The van der Waals surface area contributed by atoms with Gasteiger partial charge in [-0.05, 0) is 53.3 Å². The number of halogens is 1. The first-order chi connectivity index (χ1) is 7.00. The summed E-state index contributed by atoms with van der Waals surface area (Å²) in [5.74, 6) is -0.202. The molecule has 15 heavy (non-hydrogen) atoms. The quantitative estimate of drug-likeness (QED) is 0.757. The van der Waals surface area contributed by atoms with E-state index in [0.29, 0.717) is 0 Å². The van der Waals surface area contributed by atoms with Crippen molar-refractivity contribution in [3.05, 3.63) is 37.7 Å². The Balaban J connectivity index is 3.05. The van der Waals surface area contributed by atoms with Crippen LogP contribution in [0.15, 0.2) is 23.0 Å². The molecular weight excluding hydrogens is 305 g/mol. The third-order valence-electron chi connectivity index (χ3n) is 2.45. The minimum Gasteiger partial charge on any atom is -0.503 e. The maximum absolute atomic E-state index is 11.5. The molecule has 0 bridgehead atoms. The van der Waals surface area contributed by atoms with E-state index in [-0.39, 0.29) is 11.3 Å². The fourth-order valence-electron chi connectivity index (χ4n) is 1.81. The van der Waals surface area contributed by atoms with Crippen molar-refractivity contribution in [1.82, 2.24) is 4.57 Å². The highest BCUT2D eigenvalue weighted by molar-refractivity contribution is 14.1. The van der Waals surface area contributed by atoms with E-state index in [1.165, 1.54) is 10.6 Å². The third-order valence-corrected chi connectivity index (χ3v) is 3.07. The first kappa shape index (κ1) is 10.5. The monoisotopic (exact) mass is 315 g/mol. The minimum absolute atomic E-state index is 0.202. The van der Waals surface area contributed by atoms with Crippen LogP contribution < -0.4 is 5.56 Å². The van der Waals surface area contributed by atoms with Crippen LogP contribution in [0.5, 0.6) is 5.75 Å². The Morgan fingerprint density at radius 3 is 2.67 bits per heavy atom. The zero-order chi connectivity index (χ0) is 11.2. The highest BCUT2D eigenvalue weighted by Gasteiger charge is 2.07. The van der Waals surface area contributed by atoms with Gasteiger partial charge in [0.2, 0.25) is 0 Å². The van der Waals surface area contributed by atoms with Crippen molar-refractivity contribution < 1.29 is 5.11 Å². The molecule has 0 fully saturated rings. The van der Waals surface area contributed by atoms with Gasteiger partial charge in [-0.2, -0.15) is 0 Å². The third kappa shape index (κ3) is 1.62. The number of hydrogen-bond donors (Lipinski definition) is 1. The molecule has 0 aliphatic rings. The Labute approximate surface area is 100 Å². The molecule has 1 aromatic carbocycles. The van der Waals surface area contributed by atoms with Crippen molar-refractivity contribution in [2.45, 2.75) is 6.92 Å². The van der Waals surface area contributed by atoms with E-state index in [4.69, 9.17) is 0 Å². The Hall–Kier alpha value is -1.04. The van der Waals surface area contributed by atoms with E-state index >= 15 is 0 Å². The second kappa shape index (κ2) is 3.52. The smallest absolute Gasteiger partial charge is 0.292 e. The number of aromatic hydroxyl groups is 1. The van der Waals surface area contributed by atoms with Crippen LogP contribution in [-0.4, -0.2) is 9.67 Å². The van der Waals surface area contributed by atoms with Crippen molar-refractivity contribution in [3.63, 3.8) is 0 Å². The molecular formula is C11H10INO2. The second-order valence-electron chi connectivity index (χ2n) is 3.55. The van der Waals surface area contributed by atoms with Crippen molar-refractivity contribution in [1.29, 1.82) is 0 Å². The fraction of sp³-hybridized carbons (Fsp3) is 0.182. The lowest BCUT2D eigenvalue weighted by Crippen LogP contribution is -2.16. The zero-order valence-corrected chi connectivity index (χ0v) is 10.6. The lowest BCUT2D eigenvalue weighted by atomic mass is 10.1. The molecule has 0 saturated carbocycles. The molecule has 1 heterocycles. The van der Waals surface area contributed by atoms with Gasteiger partial charge in [-0.25, -0.2) is 0 Å². The van der Waals surface area contributed by atoms with Gasteiger partial charge >= 0.3 is 0 Å². The number of nitrogens with zero attached hydrogens (tertiary/aromatic N) is 1. The number of benzene rings is 1. The number of pyridine rings is 1. The molecule has 0 radical (unpaired) electrons. The molecule has 2 aromatic rings. The lowest BCUT2D eigenvalue weighted by Gasteiger charge is -2.09. The van der Waals surface area contributed by atoms with E-state index in [9.17, 15) is 9.90 Å². The Kier molecular flexibility index (Phi) is 2.46. The predicted octanol–water partition coefficient (Wildman–Crippen LogP) is 2.16. The van der Waals surface area contributed by atoms with Gasteiger partial charge in [0.05, 0.1) is 5.52 Å². The Bertz CT molecular complexity index is 602. The van der Waals surface area contributed by atoms with Crippen molar-refractivity contribution in [2.75, 3.05) is 0 Å². The predicted molar refractivity (Wildman–Crippen MR) is 68.3 cm³/mol. The van der Waals surface area contributed by atoms with Crippen LogP contribution >= 0.6 is 22.6 Å². The fourth-order valence-corrected chi connectivity index (χ4v) is 2.61. The van der Waals surface area contributed by atoms with Gasteiger partial charge in [0.1, 0.15) is 0 Å². The van der Waals surface area contributed by atoms with Gasteiger partial charge in [0.25, 0.3) is 5.56 Å². The molecule has 4 heteroatoms. The summed E-state index contributed by atoms with van der Waals surface area (Å²) in [6.07, 6.45) is 0. The van der Waals surface area contributed by atoms with E-state index in [0.717, 1.165) is 20.0 Å². The maximum Gasteiger partial charge on any atom is 0.292 e. The molecule has 1 N–H and O–H groups in total. The molecule has 0 saturated heterocycles. The number of fused-ring (bicyclic) bond motifs is 1. The van der Waals surface area contributed by atoms with E-state index in [1.807, 2.05) is 19.1 Å². The van der Waals surface area contributed by atoms with E-state index in [2.05, 4.69) is 22.6 Å². The number of aromatic nitrogens is 1. The standard InChI is InChI=1S/C11H10INO2/c1-6-3-8(12)4-7-5-9(14)11(15)13(2)10(6)7/h3-5,14H,1-2H3. The van der Waals surface area contributed by atoms with Crippen LogP contribution in [0.25, 0.3) is 10.9 Å². The van der Waals surface area contributed by atoms with Gasteiger partial charge in [0.15, 0.2) is 5.75 Å². The second-order valence-corrected chi connectivity index (χ2v) is 4.80. The van der Waals surface area contributed by atoms with Crippen LogP contribution in [0.3, 0.4) is 0 Å². The maximum atomic E-state index is 11.5. The first-order valence-corrected chi connectivity index (χ1v) is 5.57. The summed E-state index contributed by atoms with van der Waals surface area (Å²) in [7, 11) is 1.67. The minimum atomic E-state index is -0.355. The van der Waals surface area contributed by atoms with E-state index < -0.39 is 0 Å². The summed E-state index contributed by atoms with van der Waals surface area (Å²) in [6.45, 7) is 1.96. The lowest BCUT2D eigenvalue weighted by molar-refractivity contribution is 0.463. The average molecular weight is 315 g/mol. The van der Waals surface area contributed by atoms with Crippen LogP contribution in [0, 0.1) is 10.5 Å². The highest BCUT2D eigenvalue weighted by Crippen LogP contribution is 2.22. The molecule has 3 nitrogen and oxygen atoms in total. The van der Waals surface area contributed by atoms with Gasteiger partial charge in [-0.15, -0.1) is 0 Å². The summed E-state index contributed by atoms with van der Waals surface area (Å²) in [5, 5.41) is 10.3. The van der Waals surface area contributed by atoms with Crippen molar-refractivity contribution in [2.24, 2.45) is 7.05 Å². The number of aryl methyl sites for hydroxylation is 2. The molecule has 0 spiro atoms. The molecule has 0 unspecified atom stereocenters. The van der Waals surface area contributed by atoms with Gasteiger partial charge in [-0.1, -0.05) is 0 Å². The van der Waals surface area contributed by atoms with Crippen LogP contribution in [-0.2, 0) is 7.05 Å².